The maximum Gasteiger partial charge on any atom is 0.338 e. The Labute approximate surface area is 136 Å². The summed E-state index contributed by atoms with van der Waals surface area (Å²) in [7, 11) is 0. The van der Waals surface area contributed by atoms with Gasteiger partial charge in [0, 0.05) is 11.9 Å². The summed E-state index contributed by atoms with van der Waals surface area (Å²) in [5.41, 5.74) is 0.179. The van der Waals surface area contributed by atoms with Gasteiger partial charge in [0.1, 0.15) is 5.03 Å². The average molecular weight is 344 g/mol. The fraction of sp³-hybridized carbons (Fsp3) is 0.143. The summed E-state index contributed by atoms with van der Waals surface area (Å²) in [6.45, 7) is 0.337. The quantitative estimate of drug-likeness (QED) is 0.627. The molecule has 0 fully saturated rings. The molecule has 0 aliphatic carbocycles. The SMILES string of the molecule is O=C(O)c1cccnc1SCCOc1c(Cl)cccc1Cl. The van der Waals surface area contributed by atoms with E-state index in [0.29, 0.717) is 33.2 Å². The predicted molar refractivity (Wildman–Crippen MR) is 83.9 cm³/mol. The maximum atomic E-state index is 11.0. The number of halogens is 2. The number of benzene rings is 1. The predicted octanol–water partition coefficient (Wildman–Crippen LogP) is 4.26. The molecule has 4 nitrogen and oxygen atoms in total. The molecule has 0 bridgehead atoms. The van der Waals surface area contributed by atoms with Gasteiger partial charge in [0.05, 0.1) is 22.2 Å². The second-order valence-electron chi connectivity index (χ2n) is 3.91. The van der Waals surface area contributed by atoms with E-state index in [1.54, 1.807) is 30.5 Å². The molecular formula is C14H11Cl2NO3S. The number of carboxylic acid groups (broad SMARTS) is 1. The first-order valence-electron chi connectivity index (χ1n) is 5.97. The van der Waals surface area contributed by atoms with Gasteiger partial charge in [-0.2, -0.15) is 0 Å². The molecule has 1 aromatic carbocycles. The van der Waals surface area contributed by atoms with E-state index in [0.717, 1.165) is 0 Å². The Morgan fingerprint density at radius 3 is 2.62 bits per heavy atom. The van der Waals surface area contributed by atoms with E-state index >= 15 is 0 Å². The largest absolute Gasteiger partial charge is 0.490 e. The van der Waals surface area contributed by atoms with Crippen LogP contribution in [0.4, 0.5) is 0 Å². The number of thioether (sulfide) groups is 1. The van der Waals surface area contributed by atoms with Crippen LogP contribution in [0.15, 0.2) is 41.6 Å². The molecule has 0 aliphatic heterocycles. The number of aromatic carboxylic acids is 1. The molecule has 1 N–H and O–H groups in total. The van der Waals surface area contributed by atoms with E-state index in [9.17, 15) is 4.79 Å². The Morgan fingerprint density at radius 2 is 1.95 bits per heavy atom. The lowest BCUT2D eigenvalue weighted by molar-refractivity contribution is 0.0692. The van der Waals surface area contributed by atoms with Gasteiger partial charge in [-0.05, 0) is 24.3 Å². The first-order valence-corrected chi connectivity index (χ1v) is 7.71. The molecule has 0 aliphatic rings. The first-order chi connectivity index (χ1) is 10.1. The standard InChI is InChI=1S/C14H11Cl2NO3S/c15-10-4-1-5-11(16)12(10)20-7-8-21-13-9(14(18)19)3-2-6-17-13/h1-6H,7-8H2,(H,18,19). The van der Waals surface area contributed by atoms with Gasteiger partial charge in [-0.3, -0.25) is 0 Å². The van der Waals surface area contributed by atoms with Crippen molar-refractivity contribution in [3.8, 4) is 5.75 Å². The molecule has 21 heavy (non-hydrogen) atoms. The molecule has 0 atom stereocenters. The molecule has 0 spiro atoms. The summed E-state index contributed by atoms with van der Waals surface area (Å²) < 4.78 is 5.53. The van der Waals surface area contributed by atoms with Crippen molar-refractivity contribution in [3.63, 3.8) is 0 Å². The van der Waals surface area contributed by atoms with Crippen molar-refractivity contribution >= 4 is 40.9 Å². The van der Waals surface area contributed by atoms with Gasteiger partial charge in [-0.15, -0.1) is 11.8 Å². The topological polar surface area (TPSA) is 59.4 Å². The Morgan fingerprint density at radius 1 is 1.24 bits per heavy atom. The normalized spacial score (nSPS) is 10.4. The van der Waals surface area contributed by atoms with Gasteiger partial charge in [0.2, 0.25) is 0 Å². The van der Waals surface area contributed by atoms with E-state index < -0.39 is 5.97 Å². The molecule has 0 radical (unpaired) electrons. The van der Waals surface area contributed by atoms with Crippen molar-refractivity contribution in [3.05, 3.63) is 52.1 Å². The number of para-hydroxylation sites is 1. The van der Waals surface area contributed by atoms with Gasteiger partial charge in [0.15, 0.2) is 5.75 Å². The van der Waals surface area contributed by atoms with Crippen molar-refractivity contribution in [2.75, 3.05) is 12.4 Å². The third-order valence-electron chi connectivity index (χ3n) is 2.49. The molecule has 2 rings (SSSR count). The zero-order chi connectivity index (χ0) is 15.2. The fourth-order valence-corrected chi connectivity index (χ4v) is 2.88. The maximum absolute atomic E-state index is 11.0. The molecule has 7 heteroatoms. The van der Waals surface area contributed by atoms with Gasteiger partial charge < -0.3 is 9.84 Å². The number of carbonyl (C=O) groups is 1. The highest BCUT2D eigenvalue weighted by molar-refractivity contribution is 7.99. The lowest BCUT2D eigenvalue weighted by Crippen LogP contribution is -2.04. The number of hydrogen-bond donors (Lipinski definition) is 1. The lowest BCUT2D eigenvalue weighted by Gasteiger charge is -2.09. The molecule has 2 aromatic rings. The van der Waals surface area contributed by atoms with Crippen LogP contribution in [0.3, 0.4) is 0 Å². The highest BCUT2D eigenvalue weighted by atomic mass is 35.5. The summed E-state index contributed by atoms with van der Waals surface area (Å²) in [5, 5.41) is 10.4. The van der Waals surface area contributed by atoms with Crippen LogP contribution in [0.5, 0.6) is 5.75 Å². The Kier molecular flexibility index (Phi) is 5.73. The van der Waals surface area contributed by atoms with Crippen LogP contribution in [0.1, 0.15) is 10.4 Å². The lowest BCUT2D eigenvalue weighted by atomic mass is 10.3. The molecule has 1 heterocycles. The minimum Gasteiger partial charge on any atom is -0.490 e. The number of nitrogens with zero attached hydrogens (tertiary/aromatic N) is 1. The van der Waals surface area contributed by atoms with Crippen LogP contribution in [-0.4, -0.2) is 28.4 Å². The Hall–Kier alpha value is -1.43. The smallest absolute Gasteiger partial charge is 0.338 e. The molecule has 0 saturated carbocycles. The molecule has 0 amide bonds. The molecule has 0 saturated heterocycles. The summed E-state index contributed by atoms with van der Waals surface area (Å²) in [6.07, 6.45) is 1.56. The summed E-state index contributed by atoms with van der Waals surface area (Å²) in [6, 6.07) is 8.23. The number of rotatable bonds is 6. The van der Waals surface area contributed by atoms with E-state index in [-0.39, 0.29) is 5.56 Å². The highest BCUT2D eigenvalue weighted by Crippen LogP contribution is 2.32. The van der Waals surface area contributed by atoms with Crippen LogP contribution in [0.25, 0.3) is 0 Å². The molecular weight excluding hydrogens is 333 g/mol. The summed E-state index contributed by atoms with van der Waals surface area (Å²) in [5.74, 6) is -0.0414. The number of carboxylic acids is 1. The second kappa shape index (κ2) is 7.54. The van der Waals surface area contributed by atoms with E-state index in [4.69, 9.17) is 33.0 Å². The number of hydrogen-bond acceptors (Lipinski definition) is 4. The van der Waals surface area contributed by atoms with E-state index in [1.165, 1.54) is 17.8 Å². The van der Waals surface area contributed by atoms with E-state index in [2.05, 4.69) is 4.98 Å². The van der Waals surface area contributed by atoms with Gasteiger partial charge in [0.25, 0.3) is 0 Å². The molecule has 0 unspecified atom stereocenters. The van der Waals surface area contributed by atoms with Crippen molar-refractivity contribution in [1.82, 2.24) is 4.98 Å². The number of pyridine rings is 1. The minimum atomic E-state index is -0.999. The molecule has 110 valence electrons. The number of ether oxygens (including phenoxy) is 1. The van der Waals surface area contributed by atoms with Crippen molar-refractivity contribution in [2.45, 2.75) is 5.03 Å². The van der Waals surface area contributed by atoms with Crippen molar-refractivity contribution < 1.29 is 14.6 Å². The molecule has 1 aromatic heterocycles. The van der Waals surface area contributed by atoms with Crippen molar-refractivity contribution in [1.29, 1.82) is 0 Å². The van der Waals surface area contributed by atoms with Gasteiger partial charge in [-0.1, -0.05) is 29.3 Å². The second-order valence-corrected chi connectivity index (χ2v) is 5.81. The van der Waals surface area contributed by atoms with Crippen molar-refractivity contribution in [2.24, 2.45) is 0 Å². The van der Waals surface area contributed by atoms with E-state index in [1.807, 2.05) is 0 Å². The summed E-state index contributed by atoms with van der Waals surface area (Å²) in [4.78, 5) is 15.1. The Bertz CT molecular complexity index is 632. The van der Waals surface area contributed by atoms with Crippen LogP contribution < -0.4 is 4.74 Å². The monoisotopic (exact) mass is 343 g/mol. The van der Waals surface area contributed by atoms with Crippen LogP contribution >= 0.6 is 35.0 Å². The van der Waals surface area contributed by atoms with Crippen LogP contribution in [0, 0.1) is 0 Å². The fourth-order valence-electron chi connectivity index (χ4n) is 1.57. The van der Waals surface area contributed by atoms with Crippen LogP contribution in [-0.2, 0) is 0 Å². The highest BCUT2D eigenvalue weighted by Gasteiger charge is 2.11. The summed E-state index contributed by atoms with van der Waals surface area (Å²) >= 11 is 13.3. The van der Waals surface area contributed by atoms with Gasteiger partial charge >= 0.3 is 5.97 Å². The van der Waals surface area contributed by atoms with Gasteiger partial charge in [-0.25, -0.2) is 9.78 Å². The zero-order valence-corrected chi connectivity index (χ0v) is 13.1. The zero-order valence-electron chi connectivity index (χ0n) is 10.8. The minimum absolute atomic E-state index is 0.179. The number of aromatic nitrogens is 1. The van der Waals surface area contributed by atoms with Crippen LogP contribution in [0.2, 0.25) is 10.0 Å². The Balaban J connectivity index is 1.92. The third kappa shape index (κ3) is 4.27. The average Bonchev–Trinajstić information content (AvgIpc) is 2.46. The first kappa shape index (κ1) is 15.9. The third-order valence-corrected chi connectivity index (χ3v) is 4.05.